The first-order chi connectivity index (χ1) is 17.1. The number of primary amides is 1. The molecule has 1 saturated heterocycles. The number of aromatic hydroxyl groups is 1. The van der Waals surface area contributed by atoms with Crippen LogP contribution in [0.5, 0.6) is 11.5 Å². The molecule has 6 atom stereocenters. The summed E-state index contributed by atoms with van der Waals surface area (Å²) in [5, 5.41) is 50.8. The van der Waals surface area contributed by atoms with Crippen LogP contribution in [0.4, 0.5) is 0 Å². The molecular weight excluding hydrogens is 472 g/mol. The molecule has 11 nitrogen and oxygen atoms in total. The van der Waals surface area contributed by atoms with Gasteiger partial charge < -0.3 is 45.3 Å². The molecule has 4 rings (SSSR count). The number of carbonyl (C=O) groups is 2. The van der Waals surface area contributed by atoms with Gasteiger partial charge >= 0.3 is 5.97 Å². The van der Waals surface area contributed by atoms with Crippen molar-refractivity contribution in [2.24, 2.45) is 5.73 Å². The fourth-order valence-corrected chi connectivity index (χ4v) is 4.42. The van der Waals surface area contributed by atoms with Crippen LogP contribution in [0.25, 0.3) is 10.9 Å². The molecule has 1 aliphatic rings. The largest absolute Gasteiger partial charge is 0.504 e. The Morgan fingerprint density at radius 1 is 1.11 bits per heavy atom. The van der Waals surface area contributed by atoms with Crippen molar-refractivity contribution in [1.29, 1.82) is 0 Å². The molecule has 36 heavy (non-hydrogen) atoms. The molecule has 192 valence electrons. The Hall–Kier alpha value is -3.64. The highest BCUT2D eigenvalue weighted by molar-refractivity contribution is 6.09. The number of aliphatic hydroxyl groups is 3. The number of benzene rings is 2. The highest BCUT2D eigenvalue weighted by Gasteiger charge is 2.48. The van der Waals surface area contributed by atoms with E-state index in [9.17, 15) is 35.1 Å². The fourth-order valence-electron chi connectivity index (χ4n) is 4.42. The summed E-state index contributed by atoms with van der Waals surface area (Å²) in [4.78, 5) is 23.8. The van der Waals surface area contributed by atoms with Crippen molar-refractivity contribution in [2.45, 2.75) is 56.5 Å². The van der Waals surface area contributed by atoms with Crippen LogP contribution < -0.4 is 10.5 Å². The summed E-state index contributed by atoms with van der Waals surface area (Å²) in [7, 11) is 0. The molecule has 0 saturated carbocycles. The Morgan fingerprint density at radius 3 is 2.44 bits per heavy atom. The van der Waals surface area contributed by atoms with E-state index >= 15 is 0 Å². The van der Waals surface area contributed by atoms with Crippen LogP contribution >= 0.6 is 0 Å². The van der Waals surface area contributed by atoms with E-state index < -0.39 is 48.3 Å². The van der Waals surface area contributed by atoms with E-state index in [1.165, 1.54) is 6.07 Å². The third-order valence-electron chi connectivity index (χ3n) is 6.41. The lowest BCUT2D eigenvalue weighted by Gasteiger charge is -2.38. The fraction of sp³-hybridized carbons (Fsp3) is 0.360. The number of phenols is 1. The molecule has 1 amide bonds. The molecular formula is C25H28N2O9. The summed E-state index contributed by atoms with van der Waals surface area (Å²) in [6.45, 7) is 1.97. The zero-order chi connectivity index (χ0) is 26.1. The van der Waals surface area contributed by atoms with E-state index in [0.29, 0.717) is 10.9 Å². The maximum atomic E-state index is 12.4. The van der Waals surface area contributed by atoms with Crippen molar-refractivity contribution in [3.8, 4) is 11.5 Å². The van der Waals surface area contributed by atoms with E-state index in [1.807, 2.05) is 41.8 Å². The van der Waals surface area contributed by atoms with Crippen LogP contribution in [0.1, 0.15) is 35.3 Å². The van der Waals surface area contributed by atoms with Crippen LogP contribution in [0.3, 0.4) is 0 Å². The lowest BCUT2D eigenvalue weighted by Crippen LogP contribution is -2.61. The van der Waals surface area contributed by atoms with Gasteiger partial charge in [-0.05, 0) is 37.5 Å². The van der Waals surface area contributed by atoms with Gasteiger partial charge in [-0.2, -0.15) is 0 Å². The zero-order valence-corrected chi connectivity index (χ0v) is 19.4. The Kier molecular flexibility index (Phi) is 7.18. The number of carboxylic acids is 1. The second-order valence-electron chi connectivity index (χ2n) is 8.85. The number of amides is 1. The number of aliphatic hydroxyl groups excluding tert-OH is 3. The highest BCUT2D eigenvalue weighted by atomic mass is 16.7. The van der Waals surface area contributed by atoms with E-state index in [1.54, 1.807) is 12.3 Å². The molecule has 2 heterocycles. The minimum absolute atomic E-state index is 0.0663. The van der Waals surface area contributed by atoms with Crippen molar-refractivity contribution in [3.05, 3.63) is 59.8 Å². The van der Waals surface area contributed by atoms with Crippen molar-refractivity contribution in [3.63, 3.8) is 0 Å². The van der Waals surface area contributed by atoms with Gasteiger partial charge in [0.1, 0.15) is 23.9 Å². The number of hydrogen-bond donors (Lipinski definition) is 6. The first-order valence-electron chi connectivity index (χ1n) is 11.4. The van der Waals surface area contributed by atoms with Crippen molar-refractivity contribution >= 4 is 22.8 Å². The van der Waals surface area contributed by atoms with Gasteiger partial charge in [-0.3, -0.25) is 4.79 Å². The maximum absolute atomic E-state index is 12.4. The Balaban J connectivity index is 1.66. The Morgan fingerprint density at radius 2 is 1.81 bits per heavy atom. The summed E-state index contributed by atoms with van der Waals surface area (Å²) >= 11 is 0. The minimum Gasteiger partial charge on any atom is -0.504 e. The van der Waals surface area contributed by atoms with Gasteiger partial charge in [-0.1, -0.05) is 30.3 Å². The third kappa shape index (κ3) is 4.73. The van der Waals surface area contributed by atoms with E-state index in [2.05, 4.69) is 0 Å². The van der Waals surface area contributed by atoms with Crippen LogP contribution in [-0.2, 0) is 16.0 Å². The summed E-state index contributed by atoms with van der Waals surface area (Å²) in [5.41, 5.74) is 6.93. The molecule has 0 spiro atoms. The SMILES string of the molecule is C[C@H](CCc1ccccc1)n1ccc2cc(O[C@@H]3O[C@H](C(=O)O)[C@@H](O)[C@H](O)[C@H]3O)c(O)c(C(N)=O)c21. The van der Waals surface area contributed by atoms with Gasteiger partial charge in [0, 0.05) is 17.6 Å². The molecule has 1 aromatic heterocycles. The molecule has 1 fully saturated rings. The van der Waals surface area contributed by atoms with Crippen molar-refractivity contribution < 1.29 is 44.6 Å². The van der Waals surface area contributed by atoms with Crippen LogP contribution in [0, 0.1) is 0 Å². The summed E-state index contributed by atoms with van der Waals surface area (Å²) < 4.78 is 12.4. The van der Waals surface area contributed by atoms with Gasteiger partial charge in [-0.25, -0.2) is 4.79 Å². The third-order valence-corrected chi connectivity index (χ3v) is 6.41. The lowest BCUT2D eigenvalue weighted by molar-refractivity contribution is -0.271. The molecule has 7 N–H and O–H groups in total. The van der Waals surface area contributed by atoms with Crippen molar-refractivity contribution in [2.75, 3.05) is 0 Å². The van der Waals surface area contributed by atoms with Crippen LogP contribution in [0.2, 0.25) is 0 Å². The smallest absolute Gasteiger partial charge is 0.335 e. The molecule has 0 radical (unpaired) electrons. The number of fused-ring (bicyclic) bond motifs is 1. The van der Waals surface area contributed by atoms with Crippen LogP contribution in [-0.4, -0.2) is 72.7 Å². The molecule has 2 aromatic carbocycles. The number of aryl methyl sites for hydroxylation is 1. The van der Waals surface area contributed by atoms with Gasteiger partial charge in [-0.15, -0.1) is 0 Å². The molecule has 0 unspecified atom stereocenters. The lowest BCUT2D eigenvalue weighted by atomic mass is 9.99. The number of carboxylic acid groups (broad SMARTS) is 1. The minimum atomic E-state index is -1.90. The average Bonchev–Trinajstić information content (AvgIpc) is 3.26. The summed E-state index contributed by atoms with van der Waals surface area (Å²) in [5.74, 6) is -3.46. The van der Waals surface area contributed by atoms with E-state index in [4.69, 9.17) is 15.2 Å². The number of nitrogens with zero attached hydrogens (tertiary/aromatic N) is 1. The quantitative estimate of drug-likeness (QED) is 0.262. The average molecular weight is 501 g/mol. The number of nitrogens with two attached hydrogens (primary N) is 1. The van der Waals surface area contributed by atoms with Crippen molar-refractivity contribution in [1.82, 2.24) is 4.57 Å². The highest BCUT2D eigenvalue weighted by Crippen LogP contribution is 2.40. The number of hydrogen-bond acceptors (Lipinski definition) is 8. The topological polar surface area (TPSA) is 185 Å². The summed E-state index contributed by atoms with van der Waals surface area (Å²) in [6.07, 6.45) is -6.01. The zero-order valence-electron chi connectivity index (χ0n) is 19.4. The first kappa shape index (κ1) is 25.5. The number of rotatable bonds is 8. The molecule has 0 bridgehead atoms. The predicted molar refractivity (Wildman–Crippen MR) is 127 cm³/mol. The number of carbonyl (C=O) groups excluding carboxylic acids is 1. The monoisotopic (exact) mass is 500 g/mol. The second kappa shape index (κ2) is 10.2. The molecule has 3 aromatic rings. The number of ether oxygens (including phenoxy) is 2. The first-order valence-corrected chi connectivity index (χ1v) is 11.4. The molecule has 11 heteroatoms. The van der Waals surface area contributed by atoms with Crippen LogP contribution in [0.15, 0.2) is 48.7 Å². The standard InChI is InChI=1S/C25H28N2O9/c1-12(7-8-13-5-3-2-4-6-13)27-10-9-14-11-15(18(28)16(17(14)27)23(26)32)35-25-21(31)19(29)20(30)22(36-25)24(33)34/h2-6,9-12,19-22,25,28-31H,7-8H2,1H3,(H2,26,32)(H,33,34)/t12-,19+,20+,21-,22+,25-/m1/s1. The number of aliphatic carboxylic acids is 1. The van der Waals surface area contributed by atoms with E-state index in [-0.39, 0.29) is 17.4 Å². The van der Waals surface area contributed by atoms with Gasteiger partial charge in [0.05, 0.1) is 5.52 Å². The Bertz CT molecular complexity index is 1260. The van der Waals surface area contributed by atoms with Gasteiger partial charge in [0.2, 0.25) is 6.29 Å². The Labute approximate surface area is 205 Å². The summed E-state index contributed by atoms with van der Waals surface area (Å²) in [6, 6.07) is 12.9. The van der Waals surface area contributed by atoms with Gasteiger partial charge in [0.15, 0.2) is 17.6 Å². The molecule has 0 aliphatic carbocycles. The normalized spacial score (nSPS) is 24.9. The van der Waals surface area contributed by atoms with Gasteiger partial charge in [0.25, 0.3) is 5.91 Å². The predicted octanol–water partition coefficient (Wildman–Crippen LogP) is 0.911. The molecule has 1 aliphatic heterocycles. The number of aromatic nitrogens is 1. The second-order valence-corrected chi connectivity index (χ2v) is 8.85. The maximum Gasteiger partial charge on any atom is 0.335 e. The van der Waals surface area contributed by atoms with E-state index in [0.717, 1.165) is 18.4 Å².